The lowest BCUT2D eigenvalue weighted by atomic mass is 9.95. The van der Waals surface area contributed by atoms with Crippen LogP contribution in [0.3, 0.4) is 0 Å². The van der Waals surface area contributed by atoms with Crippen LogP contribution in [-0.2, 0) is 6.42 Å². The van der Waals surface area contributed by atoms with Crippen LogP contribution in [0.4, 0.5) is 0 Å². The summed E-state index contributed by atoms with van der Waals surface area (Å²) in [4.78, 5) is 13.5. The number of rotatable bonds is 7. The molecule has 2 fully saturated rings. The predicted octanol–water partition coefficient (Wildman–Crippen LogP) is 3.53. The van der Waals surface area contributed by atoms with Crippen LogP contribution in [0.2, 0.25) is 0 Å². The van der Waals surface area contributed by atoms with E-state index in [1.54, 1.807) is 11.3 Å². The van der Waals surface area contributed by atoms with Crippen LogP contribution in [0, 0.1) is 6.92 Å². The Labute approximate surface area is 189 Å². The van der Waals surface area contributed by atoms with Gasteiger partial charge in [0.05, 0.1) is 11.6 Å². The second-order valence-corrected chi connectivity index (χ2v) is 9.81. The molecule has 1 saturated heterocycles. The maximum Gasteiger partial charge on any atom is 0.191 e. The van der Waals surface area contributed by atoms with E-state index in [1.807, 2.05) is 6.20 Å². The van der Waals surface area contributed by atoms with Crippen molar-refractivity contribution in [3.8, 4) is 0 Å². The van der Waals surface area contributed by atoms with Gasteiger partial charge in [0, 0.05) is 60.7 Å². The van der Waals surface area contributed by atoms with E-state index < -0.39 is 0 Å². The molecule has 1 saturated carbocycles. The molecule has 0 aromatic carbocycles. The summed E-state index contributed by atoms with van der Waals surface area (Å²) in [7, 11) is 0. The molecule has 0 atom stereocenters. The van der Waals surface area contributed by atoms with Crippen molar-refractivity contribution in [1.82, 2.24) is 20.5 Å². The largest absolute Gasteiger partial charge is 0.357 e. The number of halogens is 1. The van der Waals surface area contributed by atoms with E-state index in [9.17, 15) is 0 Å². The Balaban J connectivity index is 0.00000261. The Kier molecular flexibility index (Phi) is 10.2. The summed E-state index contributed by atoms with van der Waals surface area (Å²) >= 11 is 3.88. The molecule has 2 aliphatic rings. The first-order valence-corrected chi connectivity index (χ1v) is 12.0. The van der Waals surface area contributed by atoms with E-state index in [-0.39, 0.29) is 24.0 Å². The third-order valence-electron chi connectivity index (χ3n) is 5.39. The third kappa shape index (κ3) is 6.75. The van der Waals surface area contributed by atoms with Crippen molar-refractivity contribution in [2.75, 3.05) is 44.2 Å². The first-order chi connectivity index (χ1) is 12.7. The fourth-order valence-electron chi connectivity index (χ4n) is 4.02. The monoisotopic (exact) mass is 523 g/mol. The molecule has 8 heteroatoms. The fraction of sp³-hybridized carbons (Fsp3) is 0.789. The minimum atomic E-state index is 0. The highest BCUT2D eigenvalue weighted by atomic mass is 127. The number of nitrogens with one attached hydrogen (secondary N) is 2. The second-order valence-electron chi connectivity index (χ2n) is 7.27. The molecule has 5 nitrogen and oxygen atoms in total. The van der Waals surface area contributed by atoms with Crippen LogP contribution < -0.4 is 10.6 Å². The number of thiazole rings is 1. The summed E-state index contributed by atoms with van der Waals surface area (Å²) in [6.45, 7) is 9.40. The van der Waals surface area contributed by atoms with Gasteiger partial charge in [-0.2, -0.15) is 11.8 Å². The number of aliphatic imine (C=N–C) groups is 1. The summed E-state index contributed by atoms with van der Waals surface area (Å²) in [5.74, 6) is 3.51. The first-order valence-electron chi connectivity index (χ1n) is 9.98. The van der Waals surface area contributed by atoms with Gasteiger partial charge < -0.3 is 10.6 Å². The predicted molar refractivity (Wildman–Crippen MR) is 130 cm³/mol. The number of guanidine groups is 1. The lowest BCUT2D eigenvalue weighted by Gasteiger charge is -2.42. The number of hydrogen-bond acceptors (Lipinski definition) is 5. The van der Waals surface area contributed by atoms with Crippen LogP contribution >= 0.6 is 47.1 Å². The van der Waals surface area contributed by atoms with Crippen molar-refractivity contribution in [3.63, 3.8) is 0 Å². The molecule has 1 aromatic rings. The molecule has 2 N–H and O–H groups in total. The number of aryl methyl sites for hydroxylation is 1. The Morgan fingerprint density at radius 2 is 2.00 bits per heavy atom. The average Bonchev–Trinajstić information content (AvgIpc) is 3.30. The highest BCUT2D eigenvalue weighted by Crippen LogP contribution is 2.37. The molecule has 0 bridgehead atoms. The maximum atomic E-state index is 5.01. The Morgan fingerprint density at radius 3 is 2.63 bits per heavy atom. The summed E-state index contributed by atoms with van der Waals surface area (Å²) in [5, 5.41) is 8.12. The molecule has 0 amide bonds. The van der Waals surface area contributed by atoms with Crippen molar-refractivity contribution in [3.05, 3.63) is 16.1 Å². The highest BCUT2D eigenvalue weighted by molar-refractivity contribution is 14.0. The number of aromatic nitrogens is 1. The van der Waals surface area contributed by atoms with Gasteiger partial charge in [0.2, 0.25) is 0 Å². The molecule has 1 aliphatic heterocycles. The zero-order chi connectivity index (χ0) is 18.2. The van der Waals surface area contributed by atoms with Crippen molar-refractivity contribution >= 4 is 53.0 Å². The van der Waals surface area contributed by atoms with Crippen molar-refractivity contribution in [2.24, 2.45) is 4.99 Å². The van der Waals surface area contributed by atoms with E-state index in [0.29, 0.717) is 5.54 Å². The lowest BCUT2D eigenvalue weighted by molar-refractivity contribution is 0.112. The zero-order valence-corrected chi connectivity index (χ0v) is 20.6. The number of nitrogens with zero attached hydrogens (tertiary/aromatic N) is 3. The van der Waals surface area contributed by atoms with Gasteiger partial charge in [-0.3, -0.25) is 9.89 Å². The minimum Gasteiger partial charge on any atom is -0.357 e. The van der Waals surface area contributed by atoms with Gasteiger partial charge in [0.1, 0.15) is 0 Å². The van der Waals surface area contributed by atoms with Gasteiger partial charge in [0.25, 0.3) is 0 Å². The van der Waals surface area contributed by atoms with Crippen molar-refractivity contribution in [1.29, 1.82) is 0 Å². The highest BCUT2D eigenvalue weighted by Gasteiger charge is 2.39. The molecule has 0 spiro atoms. The molecule has 27 heavy (non-hydrogen) atoms. The average molecular weight is 524 g/mol. The van der Waals surface area contributed by atoms with E-state index >= 15 is 0 Å². The first kappa shape index (κ1) is 23.2. The van der Waals surface area contributed by atoms with E-state index in [1.165, 1.54) is 60.2 Å². The molecular formula is C19H34IN5S2. The molecule has 1 aromatic heterocycles. The minimum absolute atomic E-state index is 0. The molecule has 0 unspecified atom stereocenters. The molecule has 2 heterocycles. The van der Waals surface area contributed by atoms with Crippen LogP contribution in [0.15, 0.2) is 11.2 Å². The van der Waals surface area contributed by atoms with E-state index in [4.69, 9.17) is 4.99 Å². The Bertz CT molecular complexity index is 580. The van der Waals surface area contributed by atoms with Crippen LogP contribution in [0.1, 0.15) is 42.5 Å². The molecule has 154 valence electrons. The normalized spacial score (nSPS) is 20.3. The molecule has 3 rings (SSSR count). The second kappa shape index (κ2) is 11.8. The fourth-order valence-corrected chi connectivity index (χ4v) is 5.71. The van der Waals surface area contributed by atoms with E-state index in [0.717, 1.165) is 32.0 Å². The summed E-state index contributed by atoms with van der Waals surface area (Å²) in [5.41, 5.74) is 0.301. The number of hydrogen-bond donors (Lipinski definition) is 2. The van der Waals surface area contributed by atoms with Crippen LogP contribution in [0.25, 0.3) is 0 Å². The van der Waals surface area contributed by atoms with Gasteiger partial charge in [-0.25, -0.2) is 4.98 Å². The van der Waals surface area contributed by atoms with E-state index in [2.05, 4.69) is 46.1 Å². The van der Waals surface area contributed by atoms with Gasteiger partial charge in [0.15, 0.2) is 5.96 Å². The summed E-state index contributed by atoms with van der Waals surface area (Å²) in [6, 6.07) is 0. The number of thioether (sulfide) groups is 1. The van der Waals surface area contributed by atoms with Crippen molar-refractivity contribution in [2.45, 2.75) is 51.5 Å². The topological polar surface area (TPSA) is 52.6 Å². The Morgan fingerprint density at radius 1 is 1.26 bits per heavy atom. The summed E-state index contributed by atoms with van der Waals surface area (Å²) in [6.07, 6.45) is 8.23. The Hall–Kier alpha value is -0.0600. The van der Waals surface area contributed by atoms with Crippen LogP contribution in [-0.4, -0.2) is 65.6 Å². The molecular weight excluding hydrogens is 489 g/mol. The quantitative estimate of drug-likeness (QED) is 0.326. The standard InChI is InChI=1S/C19H33N5S2.HI/c1-3-20-18(21-9-6-17-22-14-16(2)26-17)23-15-19(7-4-5-8-19)24-10-12-25-13-11-24;/h14H,3-13,15H2,1-2H3,(H2,20,21,23);1H. The smallest absolute Gasteiger partial charge is 0.191 e. The molecule has 1 aliphatic carbocycles. The van der Waals surface area contributed by atoms with Gasteiger partial charge in [-0.15, -0.1) is 35.3 Å². The van der Waals surface area contributed by atoms with Gasteiger partial charge >= 0.3 is 0 Å². The SMILES string of the molecule is CCNC(=NCC1(N2CCSCC2)CCCC1)NCCc1ncc(C)s1.I. The maximum absolute atomic E-state index is 5.01. The zero-order valence-electron chi connectivity index (χ0n) is 16.6. The van der Waals surface area contributed by atoms with Crippen LogP contribution in [0.5, 0.6) is 0 Å². The van der Waals surface area contributed by atoms with Gasteiger partial charge in [-0.05, 0) is 26.7 Å². The van der Waals surface area contributed by atoms with Crippen molar-refractivity contribution < 1.29 is 0 Å². The molecule has 0 radical (unpaired) electrons. The third-order valence-corrected chi connectivity index (χ3v) is 7.31. The van der Waals surface area contributed by atoms with Gasteiger partial charge in [-0.1, -0.05) is 12.8 Å². The lowest BCUT2D eigenvalue weighted by Crippen LogP contribution is -2.53. The summed E-state index contributed by atoms with van der Waals surface area (Å²) < 4.78 is 0.